The van der Waals surface area contributed by atoms with Crippen molar-refractivity contribution in [1.29, 1.82) is 0 Å². The van der Waals surface area contributed by atoms with Gasteiger partial charge in [0.15, 0.2) is 0 Å². The van der Waals surface area contributed by atoms with E-state index in [0.717, 1.165) is 18.7 Å². The fraction of sp³-hybridized carbons (Fsp3) is 0.467. The lowest BCUT2D eigenvalue weighted by molar-refractivity contribution is 0.110. The van der Waals surface area contributed by atoms with Crippen LogP contribution in [0.25, 0.3) is 11.4 Å². The van der Waals surface area contributed by atoms with E-state index in [-0.39, 0.29) is 0 Å². The zero-order valence-electron chi connectivity index (χ0n) is 12.0. The van der Waals surface area contributed by atoms with Gasteiger partial charge in [0.1, 0.15) is 0 Å². The number of likely N-dealkylation sites (N-methyl/N-ethyl adjacent to an activating group) is 1. The van der Waals surface area contributed by atoms with Crippen molar-refractivity contribution in [1.82, 2.24) is 15.0 Å². The third-order valence-corrected chi connectivity index (χ3v) is 3.27. The highest BCUT2D eigenvalue weighted by Crippen LogP contribution is 2.15. The van der Waals surface area contributed by atoms with Gasteiger partial charge in [0.2, 0.25) is 11.7 Å². The number of aromatic nitrogens is 2. The predicted molar refractivity (Wildman–Crippen MR) is 77.2 cm³/mol. The highest BCUT2D eigenvalue weighted by molar-refractivity contribution is 5.53. The molecule has 1 N–H and O–H groups in total. The van der Waals surface area contributed by atoms with Crippen LogP contribution < -0.4 is 0 Å². The number of hydrogen-bond donors (Lipinski definition) is 1. The minimum atomic E-state index is -0.487. The molecule has 20 heavy (non-hydrogen) atoms. The van der Waals surface area contributed by atoms with E-state index in [4.69, 9.17) is 4.52 Å². The first-order valence-corrected chi connectivity index (χ1v) is 7.01. The van der Waals surface area contributed by atoms with Gasteiger partial charge in [-0.1, -0.05) is 49.3 Å². The molecule has 5 heteroatoms. The van der Waals surface area contributed by atoms with Crippen LogP contribution in [0.1, 0.15) is 19.7 Å². The summed E-state index contributed by atoms with van der Waals surface area (Å²) in [5.41, 5.74) is 0.917. The van der Waals surface area contributed by atoms with Crippen LogP contribution in [0.5, 0.6) is 0 Å². The number of rotatable bonds is 7. The van der Waals surface area contributed by atoms with Crippen LogP contribution in [0.2, 0.25) is 0 Å². The molecule has 1 aromatic carbocycles. The van der Waals surface area contributed by atoms with Crippen LogP contribution in [-0.4, -0.2) is 45.9 Å². The second-order valence-corrected chi connectivity index (χ2v) is 4.72. The average molecular weight is 275 g/mol. The molecule has 1 aromatic heterocycles. The van der Waals surface area contributed by atoms with E-state index in [9.17, 15) is 5.11 Å². The number of hydrogen-bond acceptors (Lipinski definition) is 5. The van der Waals surface area contributed by atoms with E-state index in [0.29, 0.717) is 24.7 Å². The van der Waals surface area contributed by atoms with Crippen molar-refractivity contribution >= 4 is 0 Å². The molecule has 0 amide bonds. The van der Waals surface area contributed by atoms with Crippen molar-refractivity contribution in [2.45, 2.75) is 26.4 Å². The van der Waals surface area contributed by atoms with Crippen LogP contribution in [-0.2, 0) is 6.42 Å². The molecule has 0 aliphatic carbocycles. The lowest BCUT2D eigenvalue weighted by Gasteiger charge is -2.20. The van der Waals surface area contributed by atoms with Crippen LogP contribution >= 0.6 is 0 Å². The summed E-state index contributed by atoms with van der Waals surface area (Å²) in [6.45, 7) is 6.63. The summed E-state index contributed by atoms with van der Waals surface area (Å²) in [6.07, 6.45) is -0.102. The summed E-state index contributed by atoms with van der Waals surface area (Å²) in [5.74, 6) is 1.04. The highest BCUT2D eigenvalue weighted by Gasteiger charge is 2.15. The molecule has 2 aromatic rings. The summed E-state index contributed by atoms with van der Waals surface area (Å²) in [4.78, 5) is 6.49. The van der Waals surface area contributed by atoms with Gasteiger partial charge >= 0.3 is 0 Å². The fourth-order valence-corrected chi connectivity index (χ4v) is 2.09. The standard InChI is InChI=1S/C15H21N3O2/c1-3-18(4-2)11-13(19)10-14-16-15(17-20-14)12-8-6-5-7-9-12/h5-9,13,19H,3-4,10-11H2,1-2H3. The molecule has 1 atom stereocenters. The maximum absolute atomic E-state index is 10.0. The Morgan fingerprint density at radius 3 is 2.55 bits per heavy atom. The SMILES string of the molecule is CCN(CC)CC(O)Cc1nc(-c2ccccc2)no1. The van der Waals surface area contributed by atoms with Crippen molar-refractivity contribution in [3.63, 3.8) is 0 Å². The van der Waals surface area contributed by atoms with Gasteiger partial charge in [0, 0.05) is 12.1 Å². The Labute approximate surface area is 119 Å². The highest BCUT2D eigenvalue weighted by atomic mass is 16.5. The van der Waals surface area contributed by atoms with Gasteiger partial charge < -0.3 is 14.5 Å². The van der Waals surface area contributed by atoms with Gasteiger partial charge in [-0.2, -0.15) is 4.98 Å². The molecule has 0 saturated carbocycles. The normalized spacial score (nSPS) is 12.8. The van der Waals surface area contributed by atoms with Gasteiger partial charge in [-0.15, -0.1) is 0 Å². The van der Waals surface area contributed by atoms with Gasteiger partial charge in [-0.05, 0) is 13.1 Å². The molecule has 0 bridgehead atoms. The first-order chi connectivity index (χ1) is 9.72. The largest absolute Gasteiger partial charge is 0.391 e. The topological polar surface area (TPSA) is 62.4 Å². The van der Waals surface area contributed by atoms with Gasteiger partial charge in [0.25, 0.3) is 0 Å². The Morgan fingerprint density at radius 1 is 1.20 bits per heavy atom. The average Bonchev–Trinajstić information content (AvgIpc) is 2.94. The Morgan fingerprint density at radius 2 is 1.90 bits per heavy atom. The van der Waals surface area contributed by atoms with Crippen LogP contribution in [0.4, 0.5) is 0 Å². The quantitative estimate of drug-likeness (QED) is 0.837. The molecule has 108 valence electrons. The Bertz CT molecular complexity index is 509. The second kappa shape index (κ2) is 7.17. The Kier molecular flexibility index (Phi) is 5.26. The Hall–Kier alpha value is -1.72. The summed E-state index contributed by atoms with van der Waals surface area (Å²) < 4.78 is 5.20. The third kappa shape index (κ3) is 3.88. The van der Waals surface area contributed by atoms with Gasteiger partial charge in [0.05, 0.1) is 12.5 Å². The fourth-order valence-electron chi connectivity index (χ4n) is 2.09. The monoisotopic (exact) mass is 275 g/mol. The third-order valence-electron chi connectivity index (χ3n) is 3.27. The van der Waals surface area contributed by atoms with Crippen molar-refractivity contribution in [3.8, 4) is 11.4 Å². The van der Waals surface area contributed by atoms with E-state index in [2.05, 4.69) is 28.9 Å². The van der Waals surface area contributed by atoms with Crippen molar-refractivity contribution in [2.24, 2.45) is 0 Å². The van der Waals surface area contributed by atoms with Crippen LogP contribution in [0, 0.1) is 0 Å². The maximum atomic E-state index is 10.0. The lowest BCUT2D eigenvalue weighted by atomic mass is 10.2. The van der Waals surface area contributed by atoms with E-state index in [1.54, 1.807) is 0 Å². The molecule has 1 unspecified atom stereocenters. The number of nitrogens with zero attached hydrogens (tertiary/aromatic N) is 3. The van der Waals surface area contributed by atoms with Gasteiger partial charge in [-0.25, -0.2) is 0 Å². The molecule has 0 saturated heterocycles. The lowest BCUT2D eigenvalue weighted by Crippen LogP contribution is -2.33. The zero-order valence-corrected chi connectivity index (χ0v) is 12.0. The molecule has 1 heterocycles. The van der Waals surface area contributed by atoms with Crippen molar-refractivity contribution in [2.75, 3.05) is 19.6 Å². The van der Waals surface area contributed by atoms with Crippen LogP contribution in [0.15, 0.2) is 34.9 Å². The van der Waals surface area contributed by atoms with E-state index < -0.39 is 6.10 Å². The molecule has 0 aliphatic heterocycles. The molecule has 0 fully saturated rings. The molecular formula is C15H21N3O2. The summed E-state index contributed by atoms with van der Waals surface area (Å²) in [7, 11) is 0. The van der Waals surface area contributed by atoms with E-state index >= 15 is 0 Å². The summed E-state index contributed by atoms with van der Waals surface area (Å²) in [5, 5.41) is 14.0. The molecule has 0 radical (unpaired) electrons. The zero-order chi connectivity index (χ0) is 14.4. The maximum Gasteiger partial charge on any atom is 0.229 e. The summed E-state index contributed by atoms with van der Waals surface area (Å²) >= 11 is 0. The summed E-state index contributed by atoms with van der Waals surface area (Å²) in [6, 6.07) is 9.67. The van der Waals surface area contributed by atoms with Crippen LogP contribution in [0.3, 0.4) is 0 Å². The predicted octanol–water partition coefficient (Wildman–Crippen LogP) is 1.98. The number of aliphatic hydroxyl groups is 1. The first-order valence-electron chi connectivity index (χ1n) is 7.01. The molecule has 0 aliphatic rings. The minimum Gasteiger partial charge on any atom is -0.391 e. The van der Waals surface area contributed by atoms with E-state index in [1.807, 2.05) is 30.3 Å². The van der Waals surface area contributed by atoms with E-state index in [1.165, 1.54) is 0 Å². The molecule has 5 nitrogen and oxygen atoms in total. The first kappa shape index (κ1) is 14.7. The number of benzene rings is 1. The molecular weight excluding hydrogens is 254 g/mol. The molecule has 0 spiro atoms. The minimum absolute atomic E-state index is 0.385. The smallest absolute Gasteiger partial charge is 0.229 e. The second-order valence-electron chi connectivity index (χ2n) is 4.72. The molecule has 2 rings (SSSR count). The number of aliphatic hydroxyl groups excluding tert-OH is 1. The van der Waals surface area contributed by atoms with Crippen molar-refractivity contribution in [3.05, 3.63) is 36.2 Å². The van der Waals surface area contributed by atoms with Gasteiger partial charge in [-0.3, -0.25) is 0 Å². The Balaban J connectivity index is 1.96. The van der Waals surface area contributed by atoms with Crippen molar-refractivity contribution < 1.29 is 9.63 Å².